The molecule has 0 aliphatic carbocycles. The van der Waals surface area contributed by atoms with Crippen LogP contribution in [0.2, 0.25) is 0 Å². The Bertz CT molecular complexity index is 430. The van der Waals surface area contributed by atoms with Crippen LogP contribution in [0, 0.1) is 0 Å². The molecule has 0 amide bonds. The van der Waals surface area contributed by atoms with Gasteiger partial charge < -0.3 is 4.74 Å². The minimum Gasteiger partial charge on any atom is -0.496 e. The summed E-state index contributed by atoms with van der Waals surface area (Å²) in [5.41, 5.74) is 0.598. The standard InChI is InChI=1S/C8H10ClNO3S/c1-13-8-3-2-7(14(10,11)12)4-6(8)5-9/h2-4H,5H2,1H3,(H2,10,11,12). The van der Waals surface area contributed by atoms with E-state index < -0.39 is 10.0 Å². The van der Waals surface area contributed by atoms with Crippen LogP contribution in [0.25, 0.3) is 0 Å². The molecule has 0 aromatic heterocycles. The molecule has 4 nitrogen and oxygen atoms in total. The van der Waals surface area contributed by atoms with E-state index in [1.807, 2.05) is 0 Å². The lowest BCUT2D eigenvalue weighted by molar-refractivity contribution is 0.411. The van der Waals surface area contributed by atoms with Gasteiger partial charge in [-0.3, -0.25) is 0 Å². The molecule has 0 unspecified atom stereocenters. The van der Waals surface area contributed by atoms with Gasteiger partial charge in [0, 0.05) is 5.56 Å². The molecule has 0 atom stereocenters. The molecule has 0 heterocycles. The van der Waals surface area contributed by atoms with Crippen LogP contribution in [0.1, 0.15) is 5.56 Å². The van der Waals surface area contributed by atoms with Gasteiger partial charge in [0.1, 0.15) is 5.75 Å². The number of nitrogens with two attached hydrogens (primary N) is 1. The molecule has 2 N–H and O–H groups in total. The highest BCUT2D eigenvalue weighted by molar-refractivity contribution is 7.89. The molecule has 14 heavy (non-hydrogen) atoms. The molecule has 1 rings (SSSR count). The third-order valence-corrected chi connectivity index (χ3v) is 2.92. The summed E-state index contributed by atoms with van der Waals surface area (Å²) in [7, 11) is -2.19. The van der Waals surface area contributed by atoms with Gasteiger partial charge in [-0.15, -0.1) is 11.6 Å². The van der Waals surface area contributed by atoms with Gasteiger partial charge in [0.2, 0.25) is 10.0 Å². The summed E-state index contributed by atoms with van der Waals surface area (Å²) in [6.07, 6.45) is 0. The molecule has 0 spiro atoms. The summed E-state index contributed by atoms with van der Waals surface area (Å²) >= 11 is 5.62. The first-order valence-electron chi connectivity index (χ1n) is 3.74. The van der Waals surface area contributed by atoms with Crippen molar-refractivity contribution in [3.63, 3.8) is 0 Å². The van der Waals surface area contributed by atoms with Crippen molar-refractivity contribution in [2.75, 3.05) is 7.11 Å². The zero-order chi connectivity index (χ0) is 10.8. The van der Waals surface area contributed by atoms with E-state index in [9.17, 15) is 8.42 Å². The Hall–Kier alpha value is -0.780. The maximum absolute atomic E-state index is 11.0. The van der Waals surface area contributed by atoms with Crippen molar-refractivity contribution in [3.05, 3.63) is 23.8 Å². The Balaban J connectivity index is 3.28. The van der Waals surface area contributed by atoms with E-state index in [1.54, 1.807) is 0 Å². The van der Waals surface area contributed by atoms with Crippen molar-refractivity contribution in [2.24, 2.45) is 5.14 Å². The topological polar surface area (TPSA) is 69.4 Å². The van der Waals surface area contributed by atoms with E-state index in [0.717, 1.165) is 0 Å². The minimum atomic E-state index is -3.67. The molecular weight excluding hydrogens is 226 g/mol. The van der Waals surface area contributed by atoms with Crippen LogP contribution in [0.5, 0.6) is 5.75 Å². The predicted molar refractivity (Wildman–Crippen MR) is 53.9 cm³/mol. The SMILES string of the molecule is COc1ccc(S(N)(=O)=O)cc1CCl. The van der Waals surface area contributed by atoms with Gasteiger partial charge in [-0.05, 0) is 18.2 Å². The van der Waals surface area contributed by atoms with Gasteiger partial charge in [0.25, 0.3) is 0 Å². The molecule has 0 aliphatic rings. The maximum Gasteiger partial charge on any atom is 0.238 e. The number of primary sulfonamides is 1. The zero-order valence-electron chi connectivity index (χ0n) is 7.53. The van der Waals surface area contributed by atoms with Crippen LogP contribution >= 0.6 is 11.6 Å². The molecule has 6 heteroatoms. The fraction of sp³-hybridized carbons (Fsp3) is 0.250. The van der Waals surface area contributed by atoms with Crippen LogP contribution in [-0.2, 0) is 15.9 Å². The molecule has 0 bridgehead atoms. The monoisotopic (exact) mass is 235 g/mol. The van der Waals surface area contributed by atoms with Gasteiger partial charge >= 0.3 is 0 Å². The van der Waals surface area contributed by atoms with Crippen molar-refractivity contribution in [1.82, 2.24) is 0 Å². The third-order valence-electron chi connectivity index (χ3n) is 1.72. The van der Waals surface area contributed by atoms with Crippen LogP contribution in [0.4, 0.5) is 0 Å². The van der Waals surface area contributed by atoms with E-state index in [4.69, 9.17) is 21.5 Å². The summed E-state index contributed by atoms with van der Waals surface area (Å²) in [6, 6.07) is 4.31. The number of hydrogen-bond donors (Lipinski definition) is 1. The average molecular weight is 236 g/mol. The van der Waals surface area contributed by atoms with E-state index in [2.05, 4.69) is 0 Å². The van der Waals surface area contributed by atoms with Gasteiger partial charge in [0.05, 0.1) is 17.9 Å². The first-order valence-corrected chi connectivity index (χ1v) is 5.83. The zero-order valence-corrected chi connectivity index (χ0v) is 9.10. The Morgan fingerprint density at radius 3 is 2.57 bits per heavy atom. The Morgan fingerprint density at radius 2 is 2.14 bits per heavy atom. The van der Waals surface area contributed by atoms with Gasteiger partial charge in [-0.2, -0.15) is 0 Å². The predicted octanol–water partition coefficient (Wildman–Crippen LogP) is 1.08. The molecule has 0 aliphatic heterocycles. The smallest absolute Gasteiger partial charge is 0.238 e. The molecule has 78 valence electrons. The summed E-state index contributed by atoms with van der Waals surface area (Å²) in [5.74, 6) is 0.722. The van der Waals surface area contributed by atoms with E-state index in [-0.39, 0.29) is 10.8 Å². The van der Waals surface area contributed by atoms with E-state index in [1.165, 1.54) is 25.3 Å². The Morgan fingerprint density at radius 1 is 1.50 bits per heavy atom. The summed E-state index contributed by atoms with van der Waals surface area (Å²) in [4.78, 5) is 0.0361. The fourth-order valence-electron chi connectivity index (χ4n) is 1.04. The number of benzene rings is 1. The Labute approximate surface area is 87.7 Å². The second kappa shape index (κ2) is 4.16. The Kier molecular flexibility index (Phi) is 3.36. The number of hydrogen-bond acceptors (Lipinski definition) is 3. The van der Waals surface area contributed by atoms with Crippen molar-refractivity contribution in [1.29, 1.82) is 0 Å². The minimum absolute atomic E-state index is 0.0361. The number of alkyl halides is 1. The van der Waals surface area contributed by atoms with Crippen molar-refractivity contribution in [3.8, 4) is 5.75 Å². The van der Waals surface area contributed by atoms with Crippen LogP contribution in [0.3, 0.4) is 0 Å². The highest BCUT2D eigenvalue weighted by Crippen LogP contribution is 2.23. The van der Waals surface area contributed by atoms with Gasteiger partial charge in [-0.25, -0.2) is 13.6 Å². The molecule has 0 saturated carbocycles. The highest BCUT2D eigenvalue weighted by atomic mass is 35.5. The highest BCUT2D eigenvalue weighted by Gasteiger charge is 2.10. The molecule has 0 radical (unpaired) electrons. The van der Waals surface area contributed by atoms with Crippen molar-refractivity contribution < 1.29 is 13.2 Å². The maximum atomic E-state index is 11.0. The van der Waals surface area contributed by atoms with Gasteiger partial charge in [-0.1, -0.05) is 0 Å². The van der Waals surface area contributed by atoms with Crippen LogP contribution in [0.15, 0.2) is 23.1 Å². The molecule has 1 aromatic carbocycles. The average Bonchev–Trinajstić information content (AvgIpc) is 2.15. The van der Waals surface area contributed by atoms with Crippen LogP contribution in [-0.4, -0.2) is 15.5 Å². The number of sulfonamides is 1. The van der Waals surface area contributed by atoms with Crippen molar-refractivity contribution in [2.45, 2.75) is 10.8 Å². The third kappa shape index (κ3) is 2.37. The number of rotatable bonds is 3. The van der Waals surface area contributed by atoms with Gasteiger partial charge in [0.15, 0.2) is 0 Å². The van der Waals surface area contributed by atoms with E-state index in [0.29, 0.717) is 11.3 Å². The number of ether oxygens (including phenoxy) is 1. The normalized spacial score (nSPS) is 11.4. The van der Waals surface area contributed by atoms with Crippen molar-refractivity contribution >= 4 is 21.6 Å². The lowest BCUT2D eigenvalue weighted by atomic mass is 10.2. The lowest BCUT2D eigenvalue weighted by Gasteiger charge is -2.06. The second-order valence-electron chi connectivity index (χ2n) is 2.65. The summed E-state index contributed by atoms with van der Waals surface area (Å²) in [6.45, 7) is 0. The van der Waals surface area contributed by atoms with Crippen LogP contribution < -0.4 is 9.88 Å². The largest absolute Gasteiger partial charge is 0.496 e. The lowest BCUT2D eigenvalue weighted by Crippen LogP contribution is -2.12. The van der Waals surface area contributed by atoms with E-state index >= 15 is 0 Å². The summed E-state index contributed by atoms with van der Waals surface area (Å²) in [5, 5.41) is 4.96. The first-order chi connectivity index (χ1) is 6.49. The molecular formula is C8H10ClNO3S. The second-order valence-corrected chi connectivity index (χ2v) is 4.48. The summed E-state index contributed by atoms with van der Waals surface area (Å²) < 4.78 is 27.0. The quantitative estimate of drug-likeness (QED) is 0.798. The fourth-order valence-corrected chi connectivity index (χ4v) is 1.81. The molecule has 0 saturated heterocycles. The number of halogens is 1. The number of methoxy groups -OCH3 is 1. The molecule has 0 fully saturated rings. The molecule has 1 aromatic rings. The first kappa shape index (κ1) is 11.3.